The van der Waals surface area contributed by atoms with Gasteiger partial charge in [-0.15, -0.1) is 11.6 Å². The van der Waals surface area contributed by atoms with Crippen molar-refractivity contribution in [3.63, 3.8) is 0 Å². The van der Waals surface area contributed by atoms with E-state index in [4.69, 9.17) is 21.6 Å². The summed E-state index contributed by atoms with van der Waals surface area (Å²) in [6, 6.07) is 7.73. The summed E-state index contributed by atoms with van der Waals surface area (Å²) in [5, 5.41) is 9.05. The van der Waals surface area contributed by atoms with E-state index in [0.717, 1.165) is 30.0 Å². The Morgan fingerprint density at radius 3 is 2.90 bits per heavy atom. The number of benzene rings is 1. The van der Waals surface area contributed by atoms with Crippen LogP contribution >= 0.6 is 11.6 Å². The number of nitrogens with zero attached hydrogens (tertiary/aromatic N) is 3. The van der Waals surface area contributed by atoms with Gasteiger partial charge in [-0.25, -0.2) is 4.98 Å². The van der Waals surface area contributed by atoms with Crippen LogP contribution in [0.15, 0.2) is 18.2 Å². The second-order valence-electron chi connectivity index (χ2n) is 5.40. The predicted molar refractivity (Wildman–Crippen MR) is 84.5 cm³/mol. The average Bonchev–Trinajstić information content (AvgIpc) is 2.80. The van der Waals surface area contributed by atoms with Gasteiger partial charge in [0.05, 0.1) is 29.3 Å². The Morgan fingerprint density at radius 1 is 1.43 bits per heavy atom. The fourth-order valence-corrected chi connectivity index (χ4v) is 2.41. The van der Waals surface area contributed by atoms with Gasteiger partial charge < -0.3 is 9.30 Å². The number of halogens is 1. The summed E-state index contributed by atoms with van der Waals surface area (Å²) in [6.07, 6.45) is 0.711. The molecule has 0 radical (unpaired) electrons. The minimum atomic E-state index is 0.525. The Balaban J connectivity index is 2.24. The highest BCUT2D eigenvalue weighted by molar-refractivity contribution is 6.17. The molecule has 0 N–H and O–H groups in total. The van der Waals surface area contributed by atoms with Gasteiger partial charge in [-0.2, -0.15) is 5.26 Å². The maximum Gasteiger partial charge on any atom is 0.111 e. The summed E-state index contributed by atoms with van der Waals surface area (Å²) in [7, 11) is 0. The molecule has 0 spiro atoms. The van der Waals surface area contributed by atoms with Crippen LogP contribution in [-0.2, 0) is 17.7 Å². The van der Waals surface area contributed by atoms with Gasteiger partial charge in [-0.1, -0.05) is 13.8 Å². The van der Waals surface area contributed by atoms with Crippen molar-refractivity contribution < 1.29 is 4.74 Å². The monoisotopic (exact) mass is 305 g/mol. The first-order valence-electron chi connectivity index (χ1n) is 7.18. The molecular weight excluding hydrogens is 286 g/mol. The first kappa shape index (κ1) is 15.8. The molecule has 0 amide bonds. The quantitative estimate of drug-likeness (QED) is 0.582. The number of imidazole rings is 1. The Kier molecular flexibility index (Phi) is 5.60. The number of aromatic nitrogens is 2. The molecule has 21 heavy (non-hydrogen) atoms. The lowest BCUT2D eigenvalue weighted by molar-refractivity contribution is 0.103. The van der Waals surface area contributed by atoms with Gasteiger partial charge in [0.1, 0.15) is 5.82 Å². The van der Waals surface area contributed by atoms with E-state index in [-0.39, 0.29) is 0 Å². The second-order valence-corrected chi connectivity index (χ2v) is 5.78. The van der Waals surface area contributed by atoms with Crippen LogP contribution in [0.2, 0.25) is 0 Å². The molecule has 1 aromatic heterocycles. The molecule has 0 atom stereocenters. The third kappa shape index (κ3) is 3.96. The molecule has 0 unspecified atom stereocenters. The van der Waals surface area contributed by atoms with Gasteiger partial charge in [-0.3, -0.25) is 0 Å². The number of hydrogen-bond donors (Lipinski definition) is 0. The topological polar surface area (TPSA) is 50.8 Å². The van der Waals surface area contributed by atoms with Crippen molar-refractivity contribution in [1.29, 1.82) is 5.26 Å². The summed E-state index contributed by atoms with van der Waals surface area (Å²) in [5.74, 6) is 2.00. The number of nitriles is 1. The molecule has 0 aliphatic rings. The molecule has 0 saturated carbocycles. The first-order chi connectivity index (χ1) is 10.2. The van der Waals surface area contributed by atoms with Crippen LogP contribution < -0.4 is 0 Å². The Hall–Kier alpha value is -1.57. The fraction of sp³-hybridized carbons (Fsp3) is 0.500. The van der Waals surface area contributed by atoms with E-state index in [1.165, 1.54) is 0 Å². The van der Waals surface area contributed by atoms with Crippen LogP contribution in [0.25, 0.3) is 11.0 Å². The van der Waals surface area contributed by atoms with Gasteiger partial charge in [0.15, 0.2) is 0 Å². The highest BCUT2D eigenvalue weighted by Gasteiger charge is 2.11. The van der Waals surface area contributed by atoms with Crippen LogP contribution in [0.3, 0.4) is 0 Å². The normalized spacial score (nSPS) is 11.2. The molecule has 0 aliphatic carbocycles. The molecule has 0 bridgehead atoms. The lowest BCUT2D eigenvalue weighted by Crippen LogP contribution is -2.12. The molecule has 112 valence electrons. The zero-order valence-corrected chi connectivity index (χ0v) is 13.2. The van der Waals surface area contributed by atoms with Crippen molar-refractivity contribution in [3.8, 4) is 6.07 Å². The number of alkyl halides is 1. The van der Waals surface area contributed by atoms with E-state index < -0.39 is 0 Å². The van der Waals surface area contributed by atoms with Gasteiger partial charge >= 0.3 is 0 Å². The average molecular weight is 306 g/mol. The summed E-state index contributed by atoms with van der Waals surface area (Å²) in [5.41, 5.74) is 2.52. The van der Waals surface area contributed by atoms with Crippen molar-refractivity contribution in [1.82, 2.24) is 9.55 Å². The molecule has 0 saturated heterocycles. The second kappa shape index (κ2) is 7.44. The fourth-order valence-electron chi connectivity index (χ4n) is 2.24. The van der Waals surface area contributed by atoms with Crippen LogP contribution in [0.4, 0.5) is 0 Å². The van der Waals surface area contributed by atoms with E-state index in [0.29, 0.717) is 30.4 Å². The lowest BCUT2D eigenvalue weighted by Gasteiger charge is -2.10. The van der Waals surface area contributed by atoms with Gasteiger partial charge in [0.25, 0.3) is 0 Å². The highest BCUT2D eigenvalue weighted by Crippen LogP contribution is 2.18. The molecule has 1 aromatic carbocycles. The number of rotatable bonds is 7. The van der Waals surface area contributed by atoms with Crippen LogP contribution in [-0.4, -0.2) is 28.6 Å². The number of aryl methyl sites for hydroxylation is 1. The van der Waals surface area contributed by atoms with Crippen molar-refractivity contribution >= 4 is 22.6 Å². The molecule has 2 rings (SSSR count). The molecule has 0 fully saturated rings. The molecule has 0 aliphatic heterocycles. The number of hydrogen-bond acceptors (Lipinski definition) is 3. The third-order valence-electron chi connectivity index (χ3n) is 3.18. The maximum atomic E-state index is 9.05. The zero-order valence-electron chi connectivity index (χ0n) is 12.5. The summed E-state index contributed by atoms with van der Waals surface area (Å²) >= 11 is 5.86. The minimum Gasteiger partial charge on any atom is -0.379 e. The maximum absolute atomic E-state index is 9.05. The highest BCUT2D eigenvalue weighted by atomic mass is 35.5. The Morgan fingerprint density at radius 2 is 2.24 bits per heavy atom. The largest absolute Gasteiger partial charge is 0.379 e. The van der Waals surface area contributed by atoms with E-state index >= 15 is 0 Å². The van der Waals surface area contributed by atoms with Gasteiger partial charge in [-0.05, 0) is 24.1 Å². The summed E-state index contributed by atoms with van der Waals surface area (Å²) < 4.78 is 7.77. The first-order valence-corrected chi connectivity index (χ1v) is 7.72. The van der Waals surface area contributed by atoms with Crippen molar-refractivity contribution in [2.75, 3.05) is 19.1 Å². The molecule has 1 heterocycles. The van der Waals surface area contributed by atoms with Crippen molar-refractivity contribution in [2.24, 2.45) is 5.92 Å². The standard InChI is InChI=1S/C16H20ClN3O/c1-12(2)11-21-8-7-20-15-9-13(10-18)3-4-14(15)19-16(20)5-6-17/h3-4,9,12H,5-8,11H2,1-2H3. The van der Waals surface area contributed by atoms with Crippen LogP contribution in [0, 0.1) is 17.2 Å². The molecule has 5 heteroatoms. The van der Waals surface area contributed by atoms with E-state index in [9.17, 15) is 0 Å². The van der Waals surface area contributed by atoms with E-state index in [1.54, 1.807) is 6.07 Å². The summed E-state index contributed by atoms with van der Waals surface area (Å²) in [6.45, 7) is 6.37. The van der Waals surface area contributed by atoms with Gasteiger partial charge in [0.2, 0.25) is 0 Å². The smallest absolute Gasteiger partial charge is 0.111 e. The van der Waals surface area contributed by atoms with Crippen LogP contribution in [0.1, 0.15) is 25.2 Å². The van der Waals surface area contributed by atoms with Crippen molar-refractivity contribution in [2.45, 2.75) is 26.8 Å². The zero-order chi connectivity index (χ0) is 15.2. The number of ether oxygens (including phenoxy) is 1. The predicted octanol–water partition coefficient (Wildman–Crippen LogP) is 3.36. The van der Waals surface area contributed by atoms with Crippen molar-refractivity contribution in [3.05, 3.63) is 29.6 Å². The number of fused-ring (bicyclic) bond motifs is 1. The SMILES string of the molecule is CC(C)COCCn1c(CCCl)nc2ccc(C#N)cc21. The Bertz CT molecular complexity index is 643. The third-order valence-corrected chi connectivity index (χ3v) is 3.37. The van der Waals surface area contributed by atoms with Gasteiger partial charge in [0, 0.05) is 25.5 Å². The summed E-state index contributed by atoms with van der Waals surface area (Å²) in [4.78, 5) is 4.61. The molecule has 4 nitrogen and oxygen atoms in total. The van der Waals surface area contributed by atoms with E-state index in [2.05, 4.69) is 29.5 Å². The molecular formula is C16H20ClN3O. The van der Waals surface area contributed by atoms with Crippen LogP contribution in [0.5, 0.6) is 0 Å². The van der Waals surface area contributed by atoms with E-state index in [1.807, 2.05) is 12.1 Å². The Labute approximate surface area is 130 Å². The minimum absolute atomic E-state index is 0.525. The lowest BCUT2D eigenvalue weighted by atomic mass is 10.2. The molecule has 2 aromatic rings.